The highest BCUT2D eigenvalue weighted by Gasteiger charge is 2.33. The number of aromatic amines is 1. The Morgan fingerprint density at radius 3 is 3.04 bits per heavy atom. The molecule has 2 aromatic rings. The summed E-state index contributed by atoms with van der Waals surface area (Å²) in [5.74, 6) is 0.996. The van der Waals surface area contributed by atoms with Crippen LogP contribution in [0.5, 0.6) is 0 Å². The van der Waals surface area contributed by atoms with Gasteiger partial charge in [0.1, 0.15) is 5.82 Å². The third-order valence-corrected chi connectivity index (χ3v) is 4.82. The Labute approximate surface area is 149 Å². The molecule has 0 aliphatic carbocycles. The number of nitrogens with zero attached hydrogens (tertiary/aromatic N) is 2. The van der Waals surface area contributed by atoms with Gasteiger partial charge < -0.3 is 14.6 Å². The summed E-state index contributed by atoms with van der Waals surface area (Å²) in [5, 5.41) is 0. The van der Waals surface area contributed by atoms with Crippen molar-refractivity contribution in [2.45, 2.75) is 52.2 Å². The maximum atomic E-state index is 12.9. The van der Waals surface area contributed by atoms with Crippen molar-refractivity contribution in [2.75, 3.05) is 13.2 Å². The molecule has 1 aromatic carbocycles. The van der Waals surface area contributed by atoms with Gasteiger partial charge in [0.05, 0.1) is 29.6 Å². The summed E-state index contributed by atoms with van der Waals surface area (Å²) in [6.45, 7) is 11.2. The molecule has 134 valence electrons. The van der Waals surface area contributed by atoms with E-state index in [2.05, 4.69) is 30.6 Å². The molecule has 0 spiro atoms. The molecule has 1 aliphatic rings. The van der Waals surface area contributed by atoms with Crippen molar-refractivity contribution in [1.29, 1.82) is 0 Å². The zero-order valence-corrected chi connectivity index (χ0v) is 15.3. The first kappa shape index (κ1) is 17.7. The Balaban J connectivity index is 1.79. The first-order valence-corrected chi connectivity index (χ1v) is 9.02. The number of carbonyl (C=O) groups excluding carboxylic acids is 1. The minimum absolute atomic E-state index is 0.0209. The number of imidazole rings is 1. The lowest BCUT2D eigenvalue weighted by molar-refractivity contribution is -0.134. The highest BCUT2D eigenvalue weighted by molar-refractivity contribution is 5.79. The van der Waals surface area contributed by atoms with E-state index in [1.54, 1.807) is 0 Å². The molecule has 0 radical (unpaired) electrons. The van der Waals surface area contributed by atoms with Gasteiger partial charge >= 0.3 is 0 Å². The quantitative estimate of drug-likeness (QED) is 0.811. The average molecular weight is 341 g/mol. The fraction of sp³-hybridized carbons (Fsp3) is 0.500. The van der Waals surface area contributed by atoms with Gasteiger partial charge in [0.2, 0.25) is 5.91 Å². The summed E-state index contributed by atoms with van der Waals surface area (Å²) in [7, 11) is 0. The number of carbonyl (C=O) groups is 1. The predicted octanol–water partition coefficient (Wildman–Crippen LogP) is 3.91. The van der Waals surface area contributed by atoms with E-state index in [-0.39, 0.29) is 18.1 Å². The van der Waals surface area contributed by atoms with E-state index in [0.29, 0.717) is 13.0 Å². The maximum absolute atomic E-state index is 12.9. The molecule has 3 rings (SSSR count). The Morgan fingerprint density at radius 2 is 2.32 bits per heavy atom. The molecule has 5 nitrogen and oxygen atoms in total. The summed E-state index contributed by atoms with van der Waals surface area (Å²) in [6, 6.07) is 6.20. The molecule has 1 fully saturated rings. The average Bonchev–Trinajstić information content (AvgIpc) is 3.19. The van der Waals surface area contributed by atoms with Crippen LogP contribution < -0.4 is 0 Å². The van der Waals surface area contributed by atoms with Crippen LogP contribution in [-0.2, 0) is 9.53 Å². The maximum Gasteiger partial charge on any atom is 0.226 e. The molecule has 1 amide bonds. The van der Waals surface area contributed by atoms with Gasteiger partial charge in [-0.2, -0.15) is 0 Å². The SMILES string of the molecule is C=C(C)[C@H](CC(=O)N1CCC[C@H]1c1nc2ccc(C)cc2[nH]1)OCC. The van der Waals surface area contributed by atoms with Crippen LogP contribution in [0.15, 0.2) is 30.4 Å². The Hall–Kier alpha value is -2.14. The number of H-pyrrole nitrogens is 1. The standard InChI is InChI=1S/C20H27N3O2/c1-5-25-18(13(2)3)12-19(24)23-10-6-7-17(23)20-21-15-9-8-14(4)11-16(15)22-20/h8-9,11,17-18H,2,5-7,10,12H2,1,3-4H3,(H,21,22)/t17-,18-/m0/s1. The van der Waals surface area contributed by atoms with Gasteiger partial charge in [-0.1, -0.05) is 18.2 Å². The number of rotatable bonds is 6. The zero-order valence-electron chi connectivity index (χ0n) is 15.3. The van der Waals surface area contributed by atoms with E-state index in [1.807, 2.05) is 24.8 Å². The van der Waals surface area contributed by atoms with Gasteiger partial charge in [-0.15, -0.1) is 0 Å². The van der Waals surface area contributed by atoms with Gasteiger partial charge in [0, 0.05) is 13.2 Å². The first-order chi connectivity index (χ1) is 12.0. The molecule has 1 aliphatic heterocycles. The van der Waals surface area contributed by atoms with Crippen LogP contribution in [-0.4, -0.2) is 40.0 Å². The number of nitrogens with one attached hydrogen (secondary N) is 1. The monoisotopic (exact) mass is 341 g/mol. The van der Waals surface area contributed by atoms with Crippen LogP contribution in [0.2, 0.25) is 0 Å². The number of aryl methyl sites for hydroxylation is 1. The molecule has 1 N–H and O–H groups in total. The summed E-state index contributed by atoms with van der Waals surface area (Å²) in [4.78, 5) is 22.9. The van der Waals surface area contributed by atoms with Crippen molar-refractivity contribution in [1.82, 2.24) is 14.9 Å². The van der Waals surface area contributed by atoms with Crippen LogP contribution in [0, 0.1) is 6.92 Å². The third-order valence-electron chi connectivity index (χ3n) is 4.82. The molecule has 0 unspecified atom stereocenters. The van der Waals surface area contributed by atoms with Crippen molar-refractivity contribution in [3.63, 3.8) is 0 Å². The van der Waals surface area contributed by atoms with E-state index >= 15 is 0 Å². The molecule has 2 heterocycles. The van der Waals surface area contributed by atoms with E-state index in [4.69, 9.17) is 9.72 Å². The molecule has 0 bridgehead atoms. The second kappa shape index (κ2) is 7.40. The van der Waals surface area contributed by atoms with E-state index in [0.717, 1.165) is 41.8 Å². The van der Waals surface area contributed by atoms with Crippen LogP contribution in [0.1, 0.15) is 50.5 Å². The molecule has 1 aromatic heterocycles. The summed E-state index contributed by atoms with van der Waals surface area (Å²) in [5.41, 5.74) is 4.07. The van der Waals surface area contributed by atoms with Crippen LogP contribution in [0.25, 0.3) is 11.0 Å². The molecule has 25 heavy (non-hydrogen) atoms. The zero-order chi connectivity index (χ0) is 18.0. The van der Waals surface area contributed by atoms with E-state index in [9.17, 15) is 4.79 Å². The number of hydrogen-bond acceptors (Lipinski definition) is 3. The summed E-state index contributed by atoms with van der Waals surface area (Å²) in [6.07, 6.45) is 2.08. The second-order valence-corrected chi connectivity index (χ2v) is 6.88. The van der Waals surface area contributed by atoms with Crippen molar-refractivity contribution in [2.24, 2.45) is 0 Å². The second-order valence-electron chi connectivity index (χ2n) is 6.88. The number of benzene rings is 1. The largest absolute Gasteiger partial charge is 0.374 e. The Bertz CT molecular complexity index is 780. The van der Waals surface area contributed by atoms with Crippen LogP contribution in [0.3, 0.4) is 0 Å². The highest BCUT2D eigenvalue weighted by atomic mass is 16.5. The predicted molar refractivity (Wildman–Crippen MR) is 99.4 cm³/mol. The fourth-order valence-corrected chi connectivity index (χ4v) is 3.50. The van der Waals surface area contributed by atoms with Gasteiger partial charge in [-0.05, 0) is 51.3 Å². The first-order valence-electron chi connectivity index (χ1n) is 9.02. The highest BCUT2D eigenvalue weighted by Crippen LogP contribution is 2.32. The number of aromatic nitrogens is 2. The minimum atomic E-state index is -0.211. The Kier molecular flexibility index (Phi) is 5.23. The molecule has 5 heteroatoms. The lowest BCUT2D eigenvalue weighted by Crippen LogP contribution is -2.34. The van der Waals surface area contributed by atoms with Crippen molar-refractivity contribution in [3.8, 4) is 0 Å². The summed E-state index contributed by atoms with van der Waals surface area (Å²) < 4.78 is 5.67. The molecule has 0 saturated carbocycles. The van der Waals surface area contributed by atoms with Gasteiger partial charge in [-0.25, -0.2) is 4.98 Å². The van der Waals surface area contributed by atoms with E-state index < -0.39 is 0 Å². The smallest absolute Gasteiger partial charge is 0.226 e. The number of amides is 1. The lowest BCUT2D eigenvalue weighted by Gasteiger charge is -2.26. The Morgan fingerprint density at radius 1 is 1.52 bits per heavy atom. The number of ether oxygens (including phenoxy) is 1. The van der Waals surface area contributed by atoms with Gasteiger partial charge in [0.25, 0.3) is 0 Å². The van der Waals surface area contributed by atoms with Crippen LogP contribution in [0.4, 0.5) is 0 Å². The lowest BCUT2D eigenvalue weighted by atomic mass is 10.1. The van der Waals surface area contributed by atoms with Gasteiger partial charge in [-0.3, -0.25) is 4.79 Å². The normalized spacial score (nSPS) is 18.7. The summed E-state index contributed by atoms with van der Waals surface area (Å²) >= 11 is 0. The third kappa shape index (κ3) is 3.76. The molecular formula is C20H27N3O2. The number of fused-ring (bicyclic) bond motifs is 1. The van der Waals surface area contributed by atoms with Crippen molar-refractivity contribution in [3.05, 3.63) is 41.7 Å². The molecular weight excluding hydrogens is 314 g/mol. The molecule has 2 atom stereocenters. The topological polar surface area (TPSA) is 58.2 Å². The van der Waals surface area contributed by atoms with Crippen molar-refractivity contribution >= 4 is 16.9 Å². The number of likely N-dealkylation sites (tertiary alicyclic amines) is 1. The molecule has 1 saturated heterocycles. The van der Waals surface area contributed by atoms with Crippen molar-refractivity contribution < 1.29 is 9.53 Å². The van der Waals surface area contributed by atoms with Crippen LogP contribution >= 0.6 is 0 Å². The van der Waals surface area contributed by atoms with Gasteiger partial charge in [0.15, 0.2) is 0 Å². The minimum Gasteiger partial charge on any atom is -0.374 e. The van der Waals surface area contributed by atoms with E-state index in [1.165, 1.54) is 5.56 Å². The fourth-order valence-electron chi connectivity index (χ4n) is 3.50. The number of hydrogen-bond donors (Lipinski definition) is 1.